The largest absolute Gasteiger partial charge is 0.337 e. The van der Waals surface area contributed by atoms with E-state index in [2.05, 4.69) is 11.1 Å². The normalized spacial score (nSPS) is 18.7. The molecule has 2 aromatic rings. The number of rotatable bonds is 2. The molecule has 4 heterocycles. The third kappa shape index (κ3) is 2.82. The number of carbonyl (C=O) groups is 2. The Labute approximate surface area is 165 Å². The molecule has 0 atom stereocenters. The lowest BCUT2D eigenvalue weighted by Gasteiger charge is -2.26. The van der Waals surface area contributed by atoms with Crippen LogP contribution in [-0.4, -0.2) is 45.9 Å². The van der Waals surface area contributed by atoms with Crippen molar-refractivity contribution in [2.75, 3.05) is 24.5 Å². The molecule has 146 valence electrons. The minimum atomic E-state index is -0.0780. The summed E-state index contributed by atoms with van der Waals surface area (Å²) < 4.78 is 2.02. The summed E-state index contributed by atoms with van der Waals surface area (Å²) in [5.74, 6) is 0.365. The predicted molar refractivity (Wildman–Crippen MR) is 107 cm³/mol. The number of aromatic nitrogens is 2. The minimum absolute atomic E-state index is 0.00576. The van der Waals surface area contributed by atoms with Crippen LogP contribution in [0.1, 0.15) is 64.5 Å². The second kappa shape index (κ2) is 7.08. The van der Waals surface area contributed by atoms with Gasteiger partial charge in [-0.1, -0.05) is 18.2 Å². The van der Waals surface area contributed by atoms with E-state index in [1.165, 1.54) is 12.0 Å². The van der Waals surface area contributed by atoms with Crippen LogP contribution in [0.15, 0.2) is 24.3 Å². The molecule has 0 saturated carbocycles. The van der Waals surface area contributed by atoms with Gasteiger partial charge < -0.3 is 14.4 Å². The molecule has 28 heavy (non-hydrogen) atoms. The predicted octanol–water partition coefficient (Wildman–Crippen LogP) is 3.05. The molecule has 1 aromatic heterocycles. The summed E-state index contributed by atoms with van der Waals surface area (Å²) >= 11 is 0. The van der Waals surface area contributed by atoms with Crippen LogP contribution in [0.3, 0.4) is 0 Å². The average molecular weight is 378 g/mol. The topological polar surface area (TPSA) is 58.4 Å². The fourth-order valence-electron chi connectivity index (χ4n) is 4.79. The van der Waals surface area contributed by atoms with Crippen LogP contribution in [0, 0.1) is 0 Å². The van der Waals surface area contributed by atoms with E-state index in [0.29, 0.717) is 18.1 Å². The zero-order valence-electron chi connectivity index (χ0n) is 16.2. The quantitative estimate of drug-likeness (QED) is 0.807. The Kier molecular flexibility index (Phi) is 4.41. The lowest BCUT2D eigenvalue weighted by atomic mass is 10.1. The van der Waals surface area contributed by atoms with E-state index in [9.17, 15) is 9.59 Å². The first-order chi connectivity index (χ1) is 13.7. The number of likely N-dealkylation sites (tertiary alicyclic amines) is 1. The van der Waals surface area contributed by atoms with Gasteiger partial charge in [0, 0.05) is 31.9 Å². The number of amides is 2. The van der Waals surface area contributed by atoms with Gasteiger partial charge >= 0.3 is 0 Å². The highest BCUT2D eigenvalue weighted by Gasteiger charge is 2.34. The molecule has 6 heteroatoms. The summed E-state index contributed by atoms with van der Waals surface area (Å²) in [5, 5.41) is 0. The van der Waals surface area contributed by atoms with E-state index < -0.39 is 0 Å². The van der Waals surface area contributed by atoms with E-state index in [0.717, 1.165) is 69.5 Å². The SMILES string of the molecule is O=C(c1nc(C(=O)N2CCc3ccccc32)n2c1CCCC2)N1CCCCC1. The molecular weight excluding hydrogens is 352 g/mol. The second-order valence-corrected chi connectivity index (χ2v) is 8.03. The second-order valence-electron chi connectivity index (χ2n) is 8.03. The maximum absolute atomic E-state index is 13.4. The number of anilines is 1. The molecule has 0 radical (unpaired) electrons. The molecule has 1 fully saturated rings. The Morgan fingerprint density at radius 2 is 1.61 bits per heavy atom. The lowest BCUT2D eigenvalue weighted by molar-refractivity contribution is 0.0717. The minimum Gasteiger partial charge on any atom is -0.337 e. The van der Waals surface area contributed by atoms with Gasteiger partial charge in [-0.25, -0.2) is 4.98 Å². The van der Waals surface area contributed by atoms with Crippen molar-refractivity contribution in [3.63, 3.8) is 0 Å². The Balaban J connectivity index is 1.51. The highest BCUT2D eigenvalue weighted by molar-refractivity contribution is 6.06. The van der Waals surface area contributed by atoms with Crippen LogP contribution in [0.25, 0.3) is 0 Å². The lowest BCUT2D eigenvalue weighted by Crippen LogP contribution is -2.36. The van der Waals surface area contributed by atoms with Crippen molar-refractivity contribution in [2.45, 2.75) is 51.5 Å². The molecule has 1 aromatic carbocycles. The van der Waals surface area contributed by atoms with Crippen LogP contribution in [0.4, 0.5) is 5.69 Å². The number of para-hydroxylation sites is 1. The third-order valence-corrected chi connectivity index (χ3v) is 6.29. The molecule has 0 aliphatic carbocycles. The number of hydrogen-bond acceptors (Lipinski definition) is 3. The fourth-order valence-corrected chi connectivity index (χ4v) is 4.79. The van der Waals surface area contributed by atoms with E-state index in [4.69, 9.17) is 0 Å². The zero-order chi connectivity index (χ0) is 19.1. The number of carbonyl (C=O) groups excluding carboxylic acids is 2. The highest BCUT2D eigenvalue weighted by atomic mass is 16.2. The standard InChI is InChI=1S/C22H26N4O2/c27-21(24-12-5-1-6-13-24)19-18-10-4-7-14-25(18)20(23-19)22(28)26-15-11-16-8-2-3-9-17(16)26/h2-3,8-9H,1,4-7,10-15H2. The Bertz CT molecular complexity index is 927. The number of fused-ring (bicyclic) bond motifs is 2. The van der Waals surface area contributed by atoms with Gasteiger partial charge in [-0.15, -0.1) is 0 Å². The number of hydrogen-bond donors (Lipinski definition) is 0. The van der Waals surface area contributed by atoms with E-state index in [1.54, 1.807) is 0 Å². The first kappa shape index (κ1) is 17.5. The van der Waals surface area contributed by atoms with E-state index in [-0.39, 0.29) is 11.8 Å². The molecule has 3 aliphatic heterocycles. The number of imidazole rings is 1. The first-order valence-corrected chi connectivity index (χ1v) is 10.5. The summed E-state index contributed by atoms with van der Waals surface area (Å²) in [6.07, 6.45) is 7.06. The average Bonchev–Trinajstić information content (AvgIpc) is 3.35. The molecule has 1 saturated heterocycles. The van der Waals surface area contributed by atoms with Crippen molar-refractivity contribution in [2.24, 2.45) is 0 Å². The smallest absolute Gasteiger partial charge is 0.294 e. The summed E-state index contributed by atoms with van der Waals surface area (Å²) in [6, 6.07) is 8.06. The van der Waals surface area contributed by atoms with Gasteiger partial charge in [0.15, 0.2) is 0 Å². The maximum Gasteiger partial charge on any atom is 0.294 e. The van der Waals surface area contributed by atoms with Gasteiger partial charge in [0.05, 0.1) is 5.69 Å². The molecule has 2 amide bonds. The van der Waals surface area contributed by atoms with Crippen molar-refractivity contribution in [3.05, 3.63) is 47.0 Å². The van der Waals surface area contributed by atoms with E-state index >= 15 is 0 Å². The van der Waals surface area contributed by atoms with E-state index in [1.807, 2.05) is 32.6 Å². The van der Waals surface area contributed by atoms with Crippen LogP contribution < -0.4 is 4.90 Å². The van der Waals surface area contributed by atoms with Crippen molar-refractivity contribution in [3.8, 4) is 0 Å². The van der Waals surface area contributed by atoms with Crippen molar-refractivity contribution in [1.82, 2.24) is 14.5 Å². The van der Waals surface area contributed by atoms with Gasteiger partial charge in [0.1, 0.15) is 5.69 Å². The summed E-state index contributed by atoms with van der Waals surface area (Å²) in [7, 11) is 0. The Morgan fingerprint density at radius 1 is 0.821 bits per heavy atom. The van der Waals surface area contributed by atoms with Crippen LogP contribution in [-0.2, 0) is 19.4 Å². The van der Waals surface area contributed by atoms with Gasteiger partial charge in [0.25, 0.3) is 11.8 Å². The molecule has 0 N–H and O–H groups in total. The van der Waals surface area contributed by atoms with Gasteiger partial charge in [-0.05, 0) is 56.6 Å². The summed E-state index contributed by atoms with van der Waals surface area (Å²) in [5.41, 5.74) is 3.64. The Morgan fingerprint density at radius 3 is 2.46 bits per heavy atom. The van der Waals surface area contributed by atoms with Gasteiger partial charge in [-0.2, -0.15) is 0 Å². The fraction of sp³-hybridized carbons (Fsp3) is 0.500. The number of piperidine rings is 1. The molecule has 3 aliphatic rings. The molecule has 0 unspecified atom stereocenters. The van der Waals surface area contributed by atoms with Crippen molar-refractivity contribution in [1.29, 1.82) is 0 Å². The first-order valence-electron chi connectivity index (χ1n) is 10.5. The van der Waals surface area contributed by atoms with Crippen molar-refractivity contribution < 1.29 is 9.59 Å². The monoisotopic (exact) mass is 378 g/mol. The molecule has 0 bridgehead atoms. The summed E-state index contributed by atoms with van der Waals surface area (Å²) in [4.78, 5) is 35.0. The number of nitrogens with zero attached hydrogens (tertiary/aromatic N) is 4. The Hall–Kier alpha value is -2.63. The number of benzene rings is 1. The van der Waals surface area contributed by atoms with Crippen LogP contribution in [0.2, 0.25) is 0 Å². The van der Waals surface area contributed by atoms with Crippen LogP contribution in [0.5, 0.6) is 0 Å². The maximum atomic E-state index is 13.4. The molecule has 5 rings (SSSR count). The summed E-state index contributed by atoms with van der Waals surface area (Å²) in [6.45, 7) is 3.05. The third-order valence-electron chi connectivity index (χ3n) is 6.29. The zero-order valence-corrected chi connectivity index (χ0v) is 16.2. The van der Waals surface area contributed by atoms with Crippen molar-refractivity contribution >= 4 is 17.5 Å². The van der Waals surface area contributed by atoms with Crippen LogP contribution >= 0.6 is 0 Å². The molecule has 6 nitrogen and oxygen atoms in total. The molecular formula is C22H26N4O2. The highest BCUT2D eigenvalue weighted by Crippen LogP contribution is 2.30. The van der Waals surface area contributed by atoms with Gasteiger partial charge in [0.2, 0.25) is 5.82 Å². The van der Waals surface area contributed by atoms with Gasteiger partial charge in [-0.3, -0.25) is 9.59 Å². The molecule has 0 spiro atoms.